The van der Waals surface area contributed by atoms with Gasteiger partial charge in [0.05, 0.1) is 18.5 Å². The maximum absolute atomic E-state index is 5.53. The van der Waals surface area contributed by atoms with Crippen LogP contribution in [0.15, 0.2) is 52.3 Å². The molecule has 1 N–H and O–H groups in total. The second-order valence-electron chi connectivity index (χ2n) is 9.68. The molecule has 0 radical (unpaired) electrons. The highest BCUT2D eigenvalue weighted by Crippen LogP contribution is 2.55. The molecule has 4 aliphatic carbocycles. The maximum atomic E-state index is 5.53. The van der Waals surface area contributed by atoms with Gasteiger partial charge in [-0.2, -0.15) is 0 Å². The van der Waals surface area contributed by atoms with Gasteiger partial charge in [0.1, 0.15) is 5.75 Å². The van der Waals surface area contributed by atoms with Gasteiger partial charge in [0.25, 0.3) is 0 Å². The summed E-state index contributed by atoms with van der Waals surface area (Å²) in [4.78, 5) is 5.16. The summed E-state index contributed by atoms with van der Waals surface area (Å²) in [5.74, 6) is 3.91. The molecule has 1 aliphatic heterocycles. The first kappa shape index (κ1) is 18.1. The SMILES string of the molecule is COc1ccc2c(c1)N(CCNC13CC4CC(CC(C4)C1)C3)c1ccccc1S2. The summed E-state index contributed by atoms with van der Waals surface area (Å²) >= 11 is 1.87. The number of para-hydroxylation sites is 1. The van der Waals surface area contributed by atoms with Crippen LogP contribution in [0.4, 0.5) is 11.4 Å². The molecule has 0 amide bonds. The van der Waals surface area contributed by atoms with Crippen molar-refractivity contribution < 1.29 is 4.74 Å². The van der Waals surface area contributed by atoms with Crippen molar-refractivity contribution in [3.05, 3.63) is 42.5 Å². The highest BCUT2D eigenvalue weighted by atomic mass is 32.2. The minimum Gasteiger partial charge on any atom is -0.497 e. The summed E-state index contributed by atoms with van der Waals surface area (Å²) in [6.45, 7) is 2.04. The van der Waals surface area contributed by atoms with Gasteiger partial charge in [-0.15, -0.1) is 0 Å². The molecule has 7 rings (SSSR count). The average molecular weight is 407 g/mol. The van der Waals surface area contributed by atoms with E-state index in [1.165, 1.54) is 59.7 Å². The average Bonchev–Trinajstić information content (AvgIpc) is 2.72. The van der Waals surface area contributed by atoms with Crippen LogP contribution in [0.25, 0.3) is 0 Å². The molecular weight excluding hydrogens is 376 g/mol. The van der Waals surface area contributed by atoms with E-state index in [1.54, 1.807) is 7.11 Å². The van der Waals surface area contributed by atoms with Gasteiger partial charge in [-0.3, -0.25) is 0 Å². The van der Waals surface area contributed by atoms with E-state index in [1.807, 2.05) is 11.8 Å². The Morgan fingerprint density at radius 3 is 2.38 bits per heavy atom. The predicted molar refractivity (Wildman–Crippen MR) is 119 cm³/mol. The van der Waals surface area contributed by atoms with E-state index in [0.717, 1.165) is 36.6 Å². The van der Waals surface area contributed by atoms with Crippen LogP contribution in [0.1, 0.15) is 38.5 Å². The highest BCUT2D eigenvalue weighted by molar-refractivity contribution is 7.99. The number of nitrogens with one attached hydrogen (secondary N) is 1. The molecule has 4 bridgehead atoms. The molecule has 0 unspecified atom stereocenters. The Labute approximate surface area is 178 Å². The summed E-state index contributed by atoms with van der Waals surface area (Å²) in [7, 11) is 1.75. The van der Waals surface area contributed by atoms with Crippen LogP contribution in [0, 0.1) is 17.8 Å². The van der Waals surface area contributed by atoms with Crippen LogP contribution in [0.2, 0.25) is 0 Å². The first-order valence-electron chi connectivity index (χ1n) is 11.2. The summed E-state index contributed by atoms with van der Waals surface area (Å²) in [6, 6.07) is 15.3. The third-order valence-corrected chi connectivity index (χ3v) is 8.84. The second-order valence-corrected chi connectivity index (χ2v) is 10.8. The maximum Gasteiger partial charge on any atom is 0.121 e. The minimum atomic E-state index is 0.427. The molecule has 1 heterocycles. The number of benzene rings is 2. The Morgan fingerprint density at radius 1 is 0.966 bits per heavy atom. The Balaban J connectivity index is 1.24. The first-order valence-corrected chi connectivity index (χ1v) is 12.0. The fourth-order valence-corrected chi connectivity index (χ4v) is 8.01. The Bertz CT molecular complexity index is 892. The van der Waals surface area contributed by atoms with Crippen molar-refractivity contribution in [1.29, 1.82) is 0 Å². The molecule has 4 heteroatoms. The number of fused-ring (bicyclic) bond motifs is 2. The molecule has 29 heavy (non-hydrogen) atoms. The van der Waals surface area contributed by atoms with Crippen LogP contribution in [0.5, 0.6) is 5.75 Å². The van der Waals surface area contributed by atoms with Crippen molar-refractivity contribution >= 4 is 23.1 Å². The van der Waals surface area contributed by atoms with Crippen molar-refractivity contribution in [2.45, 2.75) is 53.9 Å². The van der Waals surface area contributed by atoms with Crippen molar-refractivity contribution in [3.8, 4) is 5.75 Å². The molecular formula is C25H30N2OS. The van der Waals surface area contributed by atoms with Gasteiger partial charge in [-0.25, -0.2) is 0 Å². The largest absolute Gasteiger partial charge is 0.497 e. The smallest absolute Gasteiger partial charge is 0.121 e. The zero-order valence-corrected chi connectivity index (χ0v) is 18.0. The topological polar surface area (TPSA) is 24.5 Å². The summed E-state index contributed by atoms with van der Waals surface area (Å²) in [5, 5.41) is 4.09. The van der Waals surface area contributed by atoms with Crippen LogP contribution in [0.3, 0.4) is 0 Å². The normalized spacial score (nSPS) is 31.5. The first-order chi connectivity index (χ1) is 14.2. The third kappa shape index (κ3) is 3.16. The van der Waals surface area contributed by atoms with Gasteiger partial charge in [-0.1, -0.05) is 23.9 Å². The fourth-order valence-electron chi connectivity index (χ4n) is 6.94. The van der Waals surface area contributed by atoms with Crippen LogP contribution in [-0.4, -0.2) is 25.7 Å². The van der Waals surface area contributed by atoms with Crippen LogP contribution in [-0.2, 0) is 0 Å². The molecule has 3 nitrogen and oxygen atoms in total. The zero-order valence-electron chi connectivity index (χ0n) is 17.2. The molecule has 2 aromatic rings. The van der Waals surface area contributed by atoms with Crippen molar-refractivity contribution in [2.24, 2.45) is 17.8 Å². The molecule has 0 atom stereocenters. The molecule has 0 saturated heterocycles. The molecule has 4 fully saturated rings. The number of anilines is 2. The van der Waals surface area contributed by atoms with E-state index in [0.29, 0.717) is 5.54 Å². The van der Waals surface area contributed by atoms with Gasteiger partial charge in [-0.05, 0) is 80.5 Å². The number of methoxy groups -OCH3 is 1. The monoisotopic (exact) mass is 406 g/mol. The number of nitrogens with zero attached hydrogens (tertiary/aromatic N) is 1. The van der Waals surface area contributed by atoms with Gasteiger partial charge in [0.2, 0.25) is 0 Å². The summed E-state index contributed by atoms with van der Waals surface area (Å²) in [6.07, 6.45) is 8.75. The standard InChI is InChI=1S/C25H30N2OS/c1-28-20-6-7-24-22(13-20)27(21-4-2-3-5-23(21)29-24)9-8-26-25-14-17-10-18(15-25)12-19(11-17)16-25/h2-7,13,17-19,26H,8-12,14-16H2,1H3. The second kappa shape index (κ2) is 6.95. The quantitative estimate of drug-likeness (QED) is 0.672. The van der Waals surface area contributed by atoms with E-state index < -0.39 is 0 Å². The number of ether oxygens (including phenoxy) is 1. The lowest BCUT2D eigenvalue weighted by Crippen LogP contribution is -2.59. The lowest BCUT2D eigenvalue weighted by Gasteiger charge is -2.57. The van der Waals surface area contributed by atoms with Gasteiger partial charge >= 0.3 is 0 Å². The molecule has 0 aromatic heterocycles. The predicted octanol–water partition coefficient (Wildman–Crippen LogP) is 5.86. The molecule has 0 spiro atoms. The van der Waals surface area contributed by atoms with Crippen molar-refractivity contribution in [1.82, 2.24) is 5.32 Å². The van der Waals surface area contributed by atoms with Crippen LogP contribution < -0.4 is 15.0 Å². The van der Waals surface area contributed by atoms with E-state index in [-0.39, 0.29) is 0 Å². The van der Waals surface area contributed by atoms with Gasteiger partial charge < -0.3 is 15.0 Å². The fraction of sp³-hybridized carbons (Fsp3) is 0.520. The zero-order chi connectivity index (χ0) is 19.4. The van der Waals surface area contributed by atoms with Crippen LogP contribution >= 0.6 is 11.8 Å². The third-order valence-electron chi connectivity index (χ3n) is 7.71. The Kier molecular flexibility index (Phi) is 4.35. The molecule has 4 saturated carbocycles. The van der Waals surface area contributed by atoms with E-state index >= 15 is 0 Å². The van der Waals surface area contributed by atoms with Crippen molar-refractivity contribution in [3.63, 3.8) is 0 Å². The number of rotatable bonds is 5. The van der Waals surface area contributed by atoms with Crippen molar-refractivity contribution in [2.75, 3.05) is 25.1 Å². The number of hydrogen-bond acceptors (Lipinski definition) is 4. The van der Waals surface area contributed by atoms with E-state index in [4.69, 9.17) is 4.74 Å². The lowest BCUT2D eigenvalue weighted by molar-refractivity contribution is -0.0190. The molecule has 152 valence electrons. The van der Waals surface area contributed by atoms with Gasteiger partial charge in [0.15, 0.2) is 0 Å². The lowest BCUT2D eigenvalue weighted by atomic mass is 9.53. The summed E-state index contributed by atoms with van der Waals surface area (Å²) < 4.78 is 5.53. The van der Waals surface area contributed by atoms with Gasteiger partial charge in [0, 0.05) is 34.5 Å². The van der Waals surface area contributed by atoms with E-state index in [9.17, 15) is 0 Å². The van der Waals surface area contributed by atoms with E-state index in [2.05, 4.69) is 52.7 Å². The minimum absolute atomic E-state index is 0.427. The Morgan fingerprint density at radius 2 is 1.66 bits per heavy atom. The molecule has 2 aromatic carbocycles. The summed E-state index contributed by atoms with van der Waals surface area (Å²) in [5.41, 5.74) is 3.03. The Hall–Kier alpha value is -1.65. The number of hydrogen-bond donors (Lipinski definition) is 1. The molecule has 5 aliphatic rings. The highest BCUT2D eigenvalue weighted by Gasteiger charge is 2.50.